The summed E-state index contributed by atoms with van der Waals surface area (Å²) in [5.74, 6) is -0.332. The van der Waals surface area contributed by atoms with Crippen molar-refractivity contribution in [3.8, 4) is 0 Å². The van der Waals surface area contributed by atoms with Gasteiger partial charge in [0, 0.05) is 6.20 Å². The lowest BCUT2D eigenvalue weighted by Gasteiger charge is -2.05. The van der Waals surface area contributed by atoms with Crippen LogP contribution < -0.4 is 0 Å². The van der Waals surface area contributed by atoms with E-state index >= 15 is 0 Å². The number of aliphatic hydroxyl groups is 1. The number of halogens is 1. The molecule has 0 aromatic carbocycles. The first-order valence-corrected chi connectivity index (χ1v) is 5.97. The second-order valence-corrected chi connectivity index (χ2v) is 5.36. The van der Waals surface area contributed by atoms with Crippen molar-refractivity contribution in [2.75, 3.05) is 5.75 Å². The Kier molecular flexibility index (Phi) is 3.47. The standard InChI is InChI=1S/C8H10ClNO3S/c1-6(11)5-14(12,13)8-3-2-7(9)4-10-8/h2-4,6,11H,5H2,1H3. The van der Waals surface area contributed by atoms with E-state index in [2.05, 4.69) is 4.98 Å². The molecule has 0 saturated carbocycles. The van der Waals surface area contributed by atoms with Crippen molar-refractivity contribution in [3.63, 3.8) is 0 Å². The van der Waals surface area contributed by atoms with Gasteiger partial charge in [0.15, 0.2) is 14.9 Å². The van der Waals surface area contributed by atoms with Gasteiger partial charge < -0.3 is 5.11 Å². The van der Waals surface area contributed by atoms with Crippen molar-refractivity contribution in [1.29, 1.82) is 0 Å². The molecule has 1 N–H and O–H groups in total. The third kappa shape index (κ3) is 2.94. The van der Waals surface area contributed by atoms with Crippen LogP contribution in [0.15, 0.2) is 23.4 Å². The Bertz CT molecular complexity index is 399. The molecule has 78 valence electrons. The Morgan fingerprint density at radius 3 is 2.64 bits per heavy atom. The van der Waals surface area contributed by atoms with Crippen LogP contribution >= 0.6 is 11.6 Å². The average Bonchev–Trinajstić information content (AvgIpc) is 2.02. The maximum Gasteiger partial charge on any atom is 0.198 e. The summed E-state index contributed by atoms with van der Waals surface area (Å²) >= 11 is 5.56. The predicted octanol–water partition coefficient (Wildman–Crippen LogP) is 0.890. The number of sulfone groups is 1. The molecule has 6 heteroatoms. The molecule has 0 spiro atoms. The second-order valence-electron chi connectivity index (χ2n) is 2.95. The molecule has 4 nitrogen and oxygen atoms in total. The Labute approximate surface area is 87.5 Å². The first-order valence-electron chi connectivity index (χ1n) is 3.94. The highest BCUT2D eigenvalue weighted by Gasteiger charge is 2.18. The molecule has 1 atom stereocenters. The minimum atomic E-state index is -3.50. The highest BCUT2D eigenvalue weighted by Crippen LogP contribution is 2.12. The summed E-state index contributed by atoms with van der Waals surface area (Å²) in [6.45, 7) is 1.41. The Hall–Kier alpha value is -0.650. The number of nitrogens with zero attached hydrogens (tertiary/aromatic N) is 1. The summed E-state index contributed by atoms with van der Waals surface area (Å²) in [5.41, 5.74) is 0. The van der Waals surface area contributed by atoms with Crippen LogP contribution in [0.5, 0.6) is 0 Å². The van der Waals surface area contributed by atoms with Gasteiger partial charge in [0.25, 0.3) is 0 Å². The smallest absolute Gasteiger partial charge is 0.198 e. The van der Waals surface area contributed by atoms with Crippen LogP contribution in [-0.4, -0.2) is 30.4 Å². The molecule has 1 unspecified atom stereocenters. The molecule has 0 aliphatic carbocycles. The van der Waals surface area contributed by atoms with Crippen molar-refractivity contribution in [2.45, 2.75) is 18.1 Å². The zero-order chi connectivity index (χ0) is 10.8. The summed E-state index contributed by atoms with van der Waals surface area (Å²) < 4.78 is 23.0. The van der Waals surface area contributed by atoms with Crippen molar-refractivity contribution < 1.29 is 13.5 Å². The molecule has 0 bridgehead atoms. The SMILES string of the molecule is CC(O)CS(=O)(=O)c1ccc(Cl)cn1. The summed E-state index contributed by atoms with van der Waals surface area (Å²) in [7, 11) is -3.50. The Morgan fingerprint density at radius 1 is 1.57 bits per heavy atom. The van der Waals surface area contributed by atoms with Crippen LogP contribution in [-0.2, 0) is 9.84 Å². The molecule has 0 aliphatic rings. The molecular formula is C8H10ClNO3S. The zero-order valence-electron chi connectivity index (χ0n) is 7.51. The van der Waals surface area contributed by atoms with E-state index in [-0.39, 0.29) is 10.8 Å². The molecule has 1 aromatic rings. The number of rotatable bonds is 3. The van der Waals surface area contributed by atoms with Gasteiger partial charge in [0.2, 0.25) is 0 Å². The Balaban J connectivity index is 2.99. The van der Waals surface area contributed by atoms with E-state index in [1.807, 2.05) is 0 Å². The summed E-state index contributed by atoms with van der Waals surface area (Å²) in [6.07, 6.45) is 0.355. The van der Waals surface area contributed by atoms with Gasteiger partial charge in [0.1, 0.15) is 0 Å². The minimum absolute atomic E-state index is 0.0669. The van der Waals surface area contributed by atoms with E-state index in [0.717, 1.165) is 0 Å². The van der Waals surface area contributed by atoms with Crippen LogP contribution in [0.4, 0.5) is 0 Å². The molecule has 0 amide bonds. The maximum absolute atomic E-state index is 11.5. The zero-order valence-corrected chi connectivity index (χ0v) is 9.09. The molecule has 0 fully saturated rings. The Morgan fingerprint density at radius 2 is 2.21 bits per heavy atom. The lowest BCUT2D eigenvalue weighted by Crippen LogP contribution is -2.18. The topological polar surface area (TPSA) is 67.3 Å². The first-order chi connectivity index (χ1) is 6.42. The molecule has 14 heavy (non-hydrogen) atoms. The van der Waals surface area contributed by atoms with E-state index in [1.54, 1.807) is 0 Å². The third-order valence-corrected chi connectivity index (χ3v) is 3.50. The van der Waals surface area contributed by atoms with E-state index in [1.165, 1.54) is 25.3 Å². The van der Waals surface area contributed by atoms with Crippen molar-refractivity contribution >= 4 is 21.4 Å². The maximum atomic E-state index is 11.5. The van der Waals surface area contributed by atoms with Gasteiger partial charge in [0.05, 0.1) is 16.9 Å². The lowest BCUT2D eigenvalue weighted by atomic mass is 10.5. The van der Waals surface area contributed by atoms with E-state index < -0.39 is 15.9 Å². The van der Waals surface area contributed by atoms with Crippen LogP contribution in [0.2, 0.25) is 5.02 Å². The lowest BCUT2D eigenvalue weighted by molar-refractivity contribution is 0.218. The summed E-state index contributed by atoms with van der Waals surface area (Å²) in [4.78, 5) is 3.67. The molecule has 0 saturated heterocycles. The van der Waals surface area contributed by atoms with Crippen molar-refractivity contribution in [3.05, 3.63) is 23.4 Å². The van der Waals surface area contributed by atoms with Gasteiger partial charge in [-0.1, -0.05) is 11.6 Å². The monoisotopic (exact) mass is 235 g/mol. The number of aliphatic hydroxyl groups excluding tert-OH is 1. The van der Waals surface area contributed by atoms with Crippen molar-refractivity contribution in [2.24, 2.45) is 0 Å². The van der Waals surface area contributed by atoms with E-state index in [0.29, 0.717) is 5.02 Å². The fraction of sp³-hybridized carbons (Fsp3) is 0.375. The molecule has 1 rings (SSSR count). The molecular weight excluding hydrogens is 226 g/mol. The summed E-state index contributed by atoms with van der Waals surface area (Å²) in [5, 5.41) is 9.28. The van der Waals surface area contributed by atoms with Crippen molar-refractivity contribution in [1.82, 2.24) is 4.98 Å². The van der Waals surface area contributed by atoms with Crippen LogP contribution in [0.1, 0.15) is 6.92 Å². The summed E-state index contributed by atoms with van der Waals surface area (Å²) in [6, 6.07) is 2.77. The fourth-order valence-electron chi connectivity index (χ4n) is 0.949. The van der Waals surface area contributed by atoms with Crippen LogP contribution in [0, 0.1) is 0 Å². The largest absolute Gasteiger partial charge is 0.392 e. The van der Waals surface area contributed by atoms with Gasteiger partial charge in [-0.15, -0.1) is 0 Å². The third-order valence-electron chi connectivity index (χ3n) is 1.48. The van der Waals surface area contributed by atoms with Crippen LogP contribution in [0.3, 0.4) is 0 Å². The number of hydrogen-bond acceptors (Lipinski definition) is 4. The molecule has 0 aliphatic heterocycles. The van der Waals surface area contributed by atoms with Gasteiger partial charge in [-0.2, -0.15) is 0 Å². The van der Waals surface area contributed by atoms with Gasteiger partial charge in [-0.25, -0.2) is 13.4 Å². The normalized spacial score (nSPS) is 13.9. The fourth-order valence-corrected chi connectivity index (χ4v) is 2.36. The molecule has 1 heterocycles. The van der Waals surface area contributed by atoms with Crippen LogP contribution in [0.25, 0.3) is 0 Å². The van der Waals surface area contributed by atoms with E-state index in [9.17, 15) is 8.42 Å². The van der Waals surface area contributed by atoms with E-state index in [4.69, 9.17) is 16.7 Å². The average molecular weight is 236 g/mol. The van der Waals surface area contributed by atoms with Gasteiger partial charge >= 0.3 is 0 Å². The quantitative estimate of drug-likeness (QED) is 0.845. The number of hydrogen-bond donors (Lipinski definition) is 1. The number of aromatic nitrogens is 1. The number of pyridine rings is 1. The van der Waals surface area contributed by atoms with Gasteiger partial charge in [-0.05, 0) is 19.1 Å². The minimum Gasteiger partial charge on any atom is -0.392 e. The predicted molar refractivity (Wildman–Crippen MR) is 53.0 cm³/mol. The highest BCUT2D eigenvalue weighted by atomic mass is 35.5. The van der Waals surface area contributed by atoms with Gasteiger partial charge in [-0.3, -0.25) is 0 Å². The highest BCUT2D eigenvalue weighted by molar-refractivity contribution is 7.91. The molecule has 1 aromatic heterocycles. The second kappa shape index (κ2) is 4.25. The molecule has 0 radical (unpaired) electrons. The first kappa shape index (κ1) is 11.4.